The summed E-state index contributed by atoms with van der Waals surface area (Å²) in [5, 5.41) is 2.94. The van der Waals surface area contributed by atoms with Gasteiger partial charge in [-0.2, -0.15) is 0 Å². The van der Waals surface area contributed by atoms with Crippen LogP contribution in [-0.4, -0.2) is 34.0 Å². The van der Waals surface area contributed by atoms with Crippen molar-refractivity contribution >= 4 is 27.3 Å². The molecular formula is C24H24FN3O3S. The Labute approximate surface area is 187 Å². The van der Waals surface area contributed by atoms with E-state index < -0.39 is 15.8 Å². The Morgan fingerprint density at radius 2 is 1.66 bits per heavy atom. The van der Waals surface area contributed by atoms with Crippen molar-refractivity contribution < 1.29 is 17.6 Å². The molecule has 1 heterocycles. The molecule has 0 spiro atoms. The van der Waals surface area contributed by atoms with Crippen molar-refractivity contribution in [3.63, 3.8) is 0 Å². The highest BCUT2D eigenvalue weighted by molar-refractivity contribution is 7.92. The minimum atomic E-state index is -3.96. The second-order valence-corrected chi connectivity index (χ2v) is 9.44. The molecule has 6 nitrogen and oxygen atoms in total. The summed E-state index contributed by atoms with van der Waals surface area (Å²) in [5.41, 5.74) is 1.42. The maximum Gasteiger partial charge on any atom is 0.261 e. The van der Waals surface area contributed by atoms with Crippen molar-refractivity contribution in [1.29, 1.82) is 0 Å². The van der Waals surface area contributed by atoms with Crippen LogP contribution in [0.3, 0.4) is 0 Å². The van der Waals surface area contributed by atoms with Crippen LogP contribution in [0, 0.1) is 11.7 Å². The van der Waals surface area contributed by atoms with E-state index >= 15 is 0 Å². The van der Waals surface area contributed by atoms with Gasteiger partial charge >= 0.3 is 0 Å². The molecule has 1 saturated heterocycles. The number of carbonyl (C=O) groups is 1. The Hall–Kier alpha value is -3.39. The SMILES string of the molecule is O=C(NC[C@H]1CCN(c2ccccc2)C1)c1ccc(S(=O)(=O)Nc2ccccc2F)cc1. The predicted molar refractivity (Wildman–Crippen MR) is 123 cm³/mol. The minimum absolute atomic E-state index is 0.0494. The molecule has 0 saturated carbocycles. The van der Waals surface area contributed by atoms with Gasteiger partial charge in [0.25, 0.3) is 15.9 Å². The van der Waals surface area contributed by atoms with Crippen LogP contribution in [0.5, 0.6) is 0 Å². The molecule has 1 fully saturated rings. The molecule has 32 heavy (non-hydrogen) atoms. The molecular weight excluding hydrogens is 429 g/mol. The number of anilines is 2. The van der Waals surface area contributed by atoms with E-state index in [1.807, 2.05) is 18.2 Å². The Balaban J connectivity index is 1.33. The third-order valence-corrected chi connectivity index (χ3v) is 6.88. The number of hydrogen-bond donors (Lipinski definition) is 2. The number of nitrogens with zero attached hydrogens (tertiary/aromatic N) is 1. The zero-order valence-electron chi connectivity index (χ0n) is 17.4. The van der Waals surface area contributed by atoms with Crippen LogP contribution in [0.15, 0.2) is 83.8 Å². The van der Waals surface area contributed by atoms with Crippen LogP contribution in [0.4, 0.5) is 15.8 Å². The highest BCUT2D eigenvalue weighted by Crippen LogP contribution is 2.23. The summed E-state index contributed by atoms with van der Waals surface area (Å²) in [7, 11) is -3.96. The molecule has 0 aliphatic carbocycles. The van der Waals surface area contributed by atoms with Gasteiger partial charge < -0.3 is 10.2 Å². The van der Waals surface area contributed by atoms with Gasteiger partial charge in [-0.05, 0) is 60.9 Å². The molecule has 1 atom stereocenters. The Morgan fingerprint density at radius 1 is 0.969 bits per heavy atom. The van der Waals surface area contributed by atoms with Gasteiger partial charge in [0.15, 0.2) is 0 Å². The number of para-hydroxylation sites is 2. The number of halogens is 1. The van der Waals surface area contributed by atoms with Crippen LogP contribution in [0.2, 0.25) is 0 Å². The number of amides is 1. The molecule has 1 aliphatic heterocycles. The molecule has 3 aromatic carbocycles. The average molecular weight is 454 g/mol. The fourth-order valence-electron chi connectivity index (χ4n) is 3.74. The van der Waals surface area contributed by atoms with E-state index in [1.165, 1.54) is 54.2 Å². The topological polar surface area (TPSA) is 78.5 Å². The fourth-order valence-corrected chi connectivity index (χ4v) is 4.81. The summed E-state index contributed by atoms with van der Waals surface area (Å²) >= 11 is 0. The summed E-state index contributed by atoms with van der Waals surface area (Å²) in [6.07, 6.45) is 0.994. The quantitative estimate of drug-likeness (QED) is 0.569. The first kappa shape index (κ1) is 21.8. The van der Waals surface area contributed by atoms with Gasteiger partial charge in [-0.1, -0.05) is 30.3 Å². The number of nitrogens with one attached hydrogen (secondary N) is 2. The predicted octanol–water partition coefficient (Wildman–Crippen LogP) is 3.88. The average Bonchev–Trinajstić information content (AvgIpc) is 3.29. The van der Waals surface area contributed by atoms with Crippen molar-refractivity contribution in [3.05, 3.63) is 90.2 Å². The fraction of sp³-hybridized carbons (Fsp3) is 0.208. The number of sulfonamides is 1. The van der Waals surface area contributed by atoms with E-state index in [1.54, 1.807) is 0 Å². The number of rotatable bonds is 7. The smallest absolute Gasteiger partial charge is 0.261 e. The van der Waals surface area contributed by atoms with Crippen LogP contribution >= 0.6 is 0 Å². The second kappa shape index (κ2) is 9.40. The van der Waals surface area contributed by atoms with E-state index in [0.717, 1.165) is 19.5 Å². The maximum absolute atomic E-state index is 13.8. The molecule has 2 N–H and O–H groups in total. The van der Waals surface area contributed by atoms with E-state index in [-0.39, 0.29) is 16.5 Å². The zero-order valence-corrected chi connectivity index (χ0v) is 18.2. The first-order chi connectivity index (χ1) is 15.4. The van der Waals surface area contributed by atoms with Crippen molar-refractivity contribution in [2.75, 3.05) is 29.3 Å². The normalized spacial score (nSPS) is 16.0. The summed E-state index contributed by atoms with van der Waals surface area (Å²) in [4.78, 5) is 14.8. The lowest BCUT2D eigenvalue weighted by atomic mass is 10.1. The Kier molecular flexibility index (Phi) is 6.41. The van der Waals surface area contributed by atoms with E-state index in [2.05, 4.69) is 27.1 Å². The number of benzene rings is 3. The monoisotopic (exact) mass is 453 g/mol. The lowest BCUT2D eigenvalue weighted by molar-refractivity contribution is 0.0948. The molecule has 166 valence electrons. The van der Waals surface area contributed by atoms with Gasteiger partial charge in [-0.25, -0.2) is 12.8 Å². The molecule has 1 aliphatic rings. The standard InChI is InChI=1S/C24H24FN3O3S/c25-22-8-4-5-9-23(22)27-32(30,31)21-12-10-19(11-13-21)24(29)26-16-18-14-15-28(17-18)20-6-2-1-3-7-20/h1-13,18,27H,14-17H2,(H,26,29)/t18-/m1/s1. The molecule has 4 rings (SSSR count). The summed E-state index contributed by atoms with van der Waals surface area (Å²) < 4.78 is 41.0. The van der Waals surface area contributed by atoms with Crippen LogP contribution in [-0.2, 0) is 10.0 Å². The Bertz CT molecular complexity index is 1180. The molecule has 8 heteroatoms. The first-order valence-electron chi connectivity index (χ1n) is 10.4. The number of carbonyl (C=O) groups excluding carboxylic acids is 1. The van der Waals surface area contributed by atoms with Crippen LogP contribution in [0.1, 0.15) is 16.8 Å². The van der Waals surface area contributed by atoms with Gasteiger partial charge in [0.05, 0.1) is 10.6 Å². The van der Waals surface area contributed by atoms with E-state index in [0.29, 0.717) is 18.0 Å². The highest BCUT2D eigenvalue weighted by Gasteiger charge is 2.23. The lowest BCUT2D eigenvalue weighted by Gasteiger charge is -2.18. The van der Waals surface area contributed by atoms with Crippen molar-refractivity contribution in [2.45, 2.75) is 11.3 Å². The van der Waals surface area contributed by atoms with Gasteiger partial charge in [-0.3, -0.25) is 9.52 Å². The van der Waals surface area contributed by atoms with Gasteiger partial charge in [0.1, 0.15) is 5.82 Å². The third-order valence-electron chi connectivity index (χ3n) is 5.50. The Morgan fingerprint density at radius 3 is 2.38 bits per heavy atom. The third kappa shape index (κ3) is 5.08. The highest BCUT2D eigenvalue weighted by atomic mass is 32.2. The van der Waals surface area contributed by atoms with Crippen molar-refractivity contribution in [1.82, 2.24) is 5.32 Å². The number of hydrogen-bond acceptors (Lipinski definition) is 4. The van der Waals surface area contributed by atoms with Crippen molar-refractivity contribution in [2.24, 2.45) is 5.92 Å². The van der Waals surface area contributed by atoms with Crippen LogP contribution in [0.25, 0.3) is 0 Å². The molecule has 1 amide bonds. The van der Waals surface area contributed by atoms with E-state index in [9.17, 15) is 17.6 Å². The maximum atomic E-state index is 13.8. The van der Waals surface area contributed by atoms with Gasteiger partial charge in [-0.15, -0.1) is 0 Å². The van der Waals surface area contributed by atoms with Crippen molar-refractivity contribution in [3.8, 4) is 0 Å². The molecule has 0 radical (unpaired) electrons. The second-order valence-electron chi connectivity index (χ2n) is 7.76. The van der Waals surface area contributed by atoms with Gasteiger partial charge in [0, 0.05) is 30.9 Å². The minimum Gasteiger partial charge on any atom is -0.371 e. The largest absolute Gasteiger partial charge is 0.371 e. The lowest BCUT2D eigenvalue weighted by Crippen LogP contribution is -2.31. The zero-order chi connectivity index (χ0) is 22.6. The molecule has 0 aromatic heterocycles. The molecule has 0 bridgehead atoms. The first-order valence-corrected chi connectivity index (χ1v) is 11.9. The summed E-state index contributed by atoms with van der Waals surface area (Å²) in [5.74, 6) is -0.567. The summed E-state index contributed by atoms with van der Waals surface area (Å²) in [6.45, 7) is 2.38. The van der Waals surface area contributed by atoms with Gasteiger partial charge in [0.2, 0.25) is 0 Å². The van der Waals surface area contributed by atoms with Crippen LogP contribution < -0.4 is 14.9 Å². The molecule has 0 unspecified atom stereocenters. The van der Waals surface area contributed by atoms with E-state index in [4.69, 9.17) is 0 Å². The molecule has 3 aromatic rings. The summed E-state index contributed by atoms with van der Waals surface area (Å²) in [6, 6.07) is 21.3.